The number of aliphatic hydroxyl groups excluding tert-OH is 1. The average Bonchev–Trinajstić information content (AvgIpc) is 2.85. The lowest BCUT2D eigenvalue weighted by Crippen LogP contribution is -2.37. The smallest absolute Gasteiger partial charge is 0.277 e. The van der Waals surface area contributed by atoms with Gasteiger partial charge in [0, 0.05) is 42.4 Å². The number of hydrogen-bond donors (Lipinski definition) is 3. The molecule has 0 spiro atoms. The van der Waals surface area contributed by atoms with Gasteiger partial charge in [-0.05, 0) is 6.07 Å². The molecule has 0 saturated carbocycles. The van der Waals surface area contributed by atoms with Crippen LogP contribution in [0, 0.1) is 11.8 Å². The van der Waals surface area contributed by atoms with Gasteiger partial charge in [0.1, 0.15) is 0 Å². The van der Waals surface area contributed by atoms with Gasteiger partial charge in [-0.25, -0.2) is 0 Å². The van der Waals surface area contributed by atoms with Crippen molar-refractivity contribution >= 4 is 21.5 Å². The molecule has 112 valence electrons. The maximum absolute atomic E-state index is 11.6. The van der Waals surface area contributed by atoms with E-state index in [4.69, 9.17) is 9.84 Å². The number of nitrogens with one attached hydrogen (secondary N) is 2. The summed E-state index contributed by atoms with van der Waals surface area (Å²) < 4.78 is 32.7. The van der Waals surface area contributed by atoms with Crippen LogP contribution >= 0.6 is 11.3 Å². The molecule has 0 aliphatic heterocycles. The molecule has 0 bridgehead atoms. The number of ether oxygens (including phenoxy) is 1. The van der Waals surface area contributed by atoms with E-state index in [-0.39, 0.29) is 19.7 Å². The molecule has 3 N–H and O–H groups in total. The van der Waals surface area contributed by atoms with Gasteiger partial charge in [0.15, 0.2) is 0 Å². The number of thiophene rings is 1. The van der Waals surface area contributed by atoms with Crippen LogP contribution in [0.15, 0.2) is 11.4 Å². The zero-order chi connectivity index (χ0) is 14.8. The first-order valence-electron chi connectivity index (χ1n) is 5.97. The van der Waals surface area contributed by atoms with Crippen LogP contribution in [-0.2, 0) is 21.5 Å². The molecule has 0 amide bonds. The van der Waals surface area contributed by atoms with Crippen LogP contribution in [0.25, 0.3) is 0 Å². The Bertz CT molecular complexity index is 558. The number of hydrogen-bond acceptors (Lipinski definition) is 5. The van der Waals surface area contributed by atoms with E-state index in [2.05, 4.69) is 21.3 Å². The molecule has 1 heterocycles. The highest BCUT2D eigenvalue weighted by atomic mass is 32.2. The molecule has 1 aromatic heterocycles. The van der Waals surface area contributed by atoms with Crippen LogP contribution in [-0.4, -0.2) is 40.4 Å². The van der Waals surface area contributed by atoms with Gasteiger partial charge < -0.3 is 9.84 Å². The lowest BCUT2D eigenvalue weighted by atomic mass is 10.3. The van der Waals surface area contributed by atoms with Gasteiger partial charge >= 0.3 is 0 Å². The van der Waals surface area contributed by atoms with Crippen molar-refractivity contribution in [2.75, 3.05) is 26.9 Å². The summed E-state index contributed by atoms with van der Waals surface area (Å²) in [6.07, 6.45) is 0.432. The second kappa shape index (κ2) is 9.07. The molecular formula is C12H18N2O4S2. The van der Waals surface area contributed by atoms with Crippen molar-refractivity contribution in [3.63, 3.8) is 0 Å². The minimum atomic E-state index is -3.51. The predicted molar refractivity (Wildman–Crippen MR) is 78.5 cm³/mol. The predicted octanol–water partition coefficient (Wildman–Crippen LogP) is 0.0524. The van der Waals surface area contributed by atoms with E-state index in [1.54, 1.807) is 0 Å². The molecule has 0 fully saturated rings. The second-order valence-electron chi connectivity index (χ2n) is 3.79. The molecule has 0 aliphatic carbocycles. The van der Waals surface area contributed by atoms with Crippen LogP contribution in [0.1, 0.15) is 16.9 Å². The summed E-state index contributed by atoms with van der Waals surface area (Å²) in [5, 5.41) is 10.5. The largest absolute Gasteiger partial charge is 0.395 e. The fraction of sp³-hybridized carbons (Fsp3) is 0.500. The minimum Gasteiger partial charge on any atom is -0.395 e. The van der Waals surface area contributed by atoms with E-state index < -0.39 is 10.2 Å². The van der Waals surface area contributed by atoms with Crippen LogP contribution in [0.3, 0.4) is 0 Å². The Morgan fingerprint density at radius 1 is 1.45 bits per heavy atom. The Kier molecular flexibility index (Phi) is 7.76. The average molecular weight is 318 g/mol. The van der Waals surface area contributed by atoms with E-state index >= 15 is 0 Å². The van der Waals surface area contributed by atoms with Crippen molar-refractivity contribution < 1.29 is 18.3 Å². The van der Waals surface area contributed by atoms with Crippen molar-refractivity contribution in [3.05, 3.63) is 21.9 Å². The molecule has 0 radical (unpaired) electrons. The summed E-state index contributed by atoms with van der Waals surface area (Å²) >= 11 is 1.43. The number of methoxy groups -OCH3 is 1. The number of aliphatic hydroxyl groups is 1. The molecule has 6 nitrogen and oxygen atoms in total. The van der Waals surface area contributed by atoms with Crippen molar-refractivity contribution in [1.29, 1.82) is 0 Å². The van der Waals surface area contributed by atoms with Crippen molar-refractivity contribution in [3.8, 4) is 11.8 Å². The molecule has 8 heteroatoms. The topological polar surface area (TPSA) is 87.7 Å². The van der Waals surface area contributed by atoms with Gasteiger partial charge in [-0.1, -0.05) is 11.8 Å². The van der Waals surface area contributed by atoms with Crippen molar-refractivity contribution in [1.82, 2.24) is 9.44 Å². The van der Waals surface area contributed by atoms with Gasteiger partial charge in [0.25, 0.3) is 10.2 Å². The Hall–Kier alpha value is -0.950. The van der Waals surface area contributed by atoms with Gasteiger partial charge in [-0.2, -0.15) is 17.9 Å². The molecule has 0 atom stereocenters. The van der Waals surface area contributed by atoms with E-state index in [0.29, 0.717) is 13.0 Å². The third kappa shape index (κ3) is 7.00. The number of rotatable bonds is 8. The van der Waals surface area contributed by atoms with Gasteiger partial charge in [-0.3, -0.25) is 0 Å². The fourth-order valence-electron chi connectivity index (χ4n) is 1.25. The monoisotopic (exact) mass is 318 g/mol. The van der Waals surface area contributed by atoms with E-state index in [0.717, 1.165) is 10.4 Å². The molecular weight excluding hydrogens is 300 g/mol. The Balaban J connectivity index is 2.44. The third-order valence-corrected chi connectivity index (χ3v) is 4.20. The highest BCUT2D eigenvalue weighted by Gasteiger charge is 2.08. The van der Waals surface area contributed by atoms with E-state index in [9.17, 15) is 8.42 Å². The van der Waals surface area contributed by atoms with Crippen LogP contribution < -0.4 is 9.44 Å². The first-order valence-corrected chi connectivity index (χ1v) is 8.34. The highest BCUT2D eigenvalue weighted by Crippen LogP contribution is 2.13. The molecule has 1 rings (SSSR count). The summed E-state index contributed by atoms with van der Waals surface area (Å²) in [6, 6.07) is 1.83. The lowest BCUT2D eigenvalue weighted by molar-refractivity contribution is 0.204. The third-order valence-electron chi connectivity index (χ3n) is 2.16. The quantitative estimate of drug-likeness (QED) is 0.467. The Morgan fingerprint density at radius 2 is 2.25 bits per heavy atom. The summed E-state index contributed by atoms with van der Waals surface area (Å²) in [6.45, 7) is 0.810. The summed E-state index contributed by atoms with van der Waals surface area (Å²) in [5.41, 5.74) is 0.824. The maximum atomic E-state index is 11.6. The zero-order valence-electron chi connectivity index (χ0n) is 11.2. The Morgan fingerprint density at radius 3 is 2.95 bits per heavy atom. The molecule has 1 aromatic rings. The first kappa shape index (κ1) is 17.1. The zero-order valence-corrected chi connectivity index (χ0v) is 12.8. The molecule has 0 saturated heterocycles. The first-order chi connectivity index (χ1) is 9.57. The van der Waals surface area contributed by atoms with Gasteiger partial charge in [0.2, 0.25) is 0 Å². The van der Waals surface area contributed by atoms with Crippen LogP contribution in [0.4, 0.5) is 0 Å². The van der Waals surface area contributed by atoms with Gasteiger partial charge in [0.05, 0.1) is 13.2 Å². The maximum Gasteiger partial charge on any atom is 0.277 e. The second-order valence-corrected chi connectivity index (χ2v) is 6.37. The fourth-order valence-corrected chi connectivity index (χ4v) is 2.90. The van der Waals surface area contributed by atoms with Crippen molar-refractivity contribution in [2.45, 2.75) is 13.0 Å². The molecule has 20 heavy (non-hydrogen) atoms. The van der Waals surface area contributed by atoms with Crippen molar-refractivity contribution in [2.24, 2.45) is 0 Å². The summed E-state index contributed by atoms with van der Waals surface area (Å²) in [7, 11) is -2.00. The molecule has 0 aromatic carbocycles. The minimum absolute atomic E-state index is 0.0386. The standard InChI is InChI=1S/C12H18N2O4S2/c1-18-7-5-13-20(16,17)14-9-12-8-11(10-19-12)4-2-3-6-15/h8,10,13-15H,3,5-7,9H2,1H3. The van der Waals surface area contributed by atoms with Gasteiger partial charge in [-0.15, -0.1) is 11.3 Å². The normalized spacial score (nSPS) is 11.1. The van der Waals surface area contributed by atoms with Crippen LogP contribution in [0.2, 0.25) is 0 Å². The SMILES string of the molecule is COCCNS(=O)(=O)NCc1cc(C#CCCO)cs1. The highest BCUT2D eigenvalue weighted by molar-refractivity contribution is 7.87. The lowest BCUT2D eigenvalue weighted by Gasteiger charge is -2.06. The molecule has 0 unspecified atom stereocenters. The van der Waals surface area contributed by atoms with Crippen LogP contribution in [0.5, 0.6) is 0 Å². The summed E-state index contributed by atoms with van der Waals surface area (Å²) in [5.74, 6) is 5.71. The van der Waals surface area contributed by atoms with E-state index in [1.807, 2.05) is 11.4 Å². The Labute approximate surface area is 123 Å². The summed E-state index contributed by atoms with van der Waals surface area (Å²) in [4.78, 5) is 0.871. The van der Waals surface area contributed by atoms with E-state index in [1.165, 1.54) is 18.4 Å². The molecule has 0 aliphatic rings.